The molecule has 0 saturated carbocycles. The monoisotopic (exact) mass is 462 g/mol. The van der Waals surface area contributed by atoms with Crippen LogP contribution in [0.4, 0.5) is 0 Å². The van der Waals surface area contributed by atoms with Gasteiger partial charge in [0.25, 0.3) is 5.22 Å². The van der Waals surface area contributed by atoms with Crippen LogP contribution in [-0.4, -0.2) is 42.6 Å². The van der Waals surface area contributed by atoms with Crippen LogP contribution in [0.15, 0.2) is 38.5 Å². The highest BCUT2D eigenvalue weighted by Crippen LogP contribution is 2.42. The molecule has 2 aromatic heterocycles. The highest BCUT2D eigenvalue weighted by molar-refractivity contribution is 7.98. The van der Waals surface area contributed by atoms with Crippen molar-refractivity contribution in [2.24, 2.45) is 0 Å². The molecule has 0 N–H and O–H groups in total. The van der Waals surface area contributed by atoms with E-state index in [4.69, 9.17) is 27.8 Å². The maximum atomic E-state index is 12.0. The Kier molecular flexibility index (Phi) is 8.43. The van der Waals surface area contributed by atoms with E-state index >= 15 is 0 Å². The number of ether oxygens (including phenoxy) is 4. The number of carbonyl (C=O) groups is 1. The number of esters is 1. The van der Waals surface area contributed by atoms with E-state index in [1.807, 2.05) is 20.8 Å². The van der Waals surface area contributed by atoms with Gasteiger partial charge >= 0.3 is 5.97 Å². The first-order valence-electron chi connectivity index (χ1n) is 10.4. The number of benzene rings is 1. The molecule has 0 amide bonds. The summed E-state index contributed by atoms with van der Waals surface area (Å²) in [7, 11) is 0. The molecule has 0 spiro atoms. The molecule has 3 aromatic rings. The van der Waals surface area contributed by atoms with Crippen LogP contribution in [0.5, 0.6) is 17.2 Å². The van der Waals surface area contributed by atoms with Crippen molar-refractivity contribution in [2.45, 2.75) is 38.7 Å². The van der Waals surface area contributed by atoms with Crippen LogP contribution in [-0.2, 0) is 10.5 Å². The molecule has 9 nitrogen and oxygen atoms in total. The molecule has 2 heterocycles. The summed E-state index contributed by atoms with van der Waals surface area (Å²) in [6.45, 7) is 9.12. The Balaban J connectivity index is 1.80. The second-order valence-electron chi connectivity index (χ2n) is 6.24. The fraction of sp³-hybridized carbons (Fsp3) is 0.409. The lowest BCUT2D eigenvalue weighted by Crippen LogP contribution is -2.05. The van der Waals surface area contributed by atoms with Gasteiger partial charge in [-0.05, 0) is 45.9 Å². The Bertz CT molecular complexity index is 1000. The van der Waals surface area contributed by atoms with Crippen molar-refractivity contribution < 1.29 is 32.6 Å². The smallest absolute Gasteiger partial charge is 0.341 e. The average Bonchev–Trinajstić information content (AvgIpc) is 3.44. The molecule has 172 valence electrons. The summed E-state index contributed by atoms with van der Waals surface area (Å²) in [6, 6.07) is 5.15. The number of hydrogen-bond acceptors (Lipinski definition) is 10. The maximum Gasteiger partial charge on any atom is 0.341 e. The van der Waals surface area contributed by atoms with E-state index < -0.39 is 5.97 Å². The average molecular weight is 463 g/mol. The van der Waals surface area contributed by atoms with Gasteiger partial charge in [-0.1, -0.05) is 11.8 Å². The lowest BCUT2D eigenvalue weighted by molar-refractivity contribution is 0.0524. The van der Waals surface area contributed by atoms with E-state index in [-0.39, 0.29) is 0 Å². The highest BCUT2D eigenvalue weighted by atomic mass is 32.2. The molecule has 1 aromatic carbocycles. The van der Waals surface area contributed by atoms with Gasteiger partial charge < -0.3 is 27.8 Å². The summed E-state index contributed by atoms with van der Waals surface area (Å²) >= 11 is 1.25. The molecule has 0 fully saturated rings. The maximum absolute atomic E-state index is 12.0. The van der Waals surface area contributed by atoms with Crippen molar-refractivity contribution in [1.29, 1.82) is 0 Å². The largest absolute Gasteiger partial charge is 0.490 e. The van der Waals surface area contributed by atoms with Gasteiger partial charge in [-0.25, -0.2) is 4.79 Å². The van der Waals surface area contributed by atoms with E-state index in [0.717, 1.165) is 0 Å². The summed E-state index contributed by atoms with van der Waals surface area (Å²) in [5.74, 6) is 2.31. The Morgan fingerprint density at radius 1 is 0.969 bits per heavy atom. The second-order valence-corrected chi connectivity index (χ2v) is 7.17. The van der Waals surface area contributed by atoms with Crippen LogP contribution < -0.4 is 14.2 Å². The number of hydrogen-bond donors (Lipinski definition) is 0. The minimum Gasteiger partial charge on any atom is -0.490 e. The summed E-state index contributed by atoms with van der Waals surface area (Å²) in [6.07, 6.45) is 1.45. The molecule has 0 unspecified atom stereocenters. The van der Waals surface area contributed by atoms with Gasteiger partial charge in [0.1, 0.15) is 11.3 Å². The summed E-state index contributed by atoms with van der Waals surface area (Å²) in [5, 5.41) is 8.56. The number of rotatable bonds is 12. The zero-order valence-electron chi connectivity index (χ0n) is 18.5. The predicted molar refractivity (Wildman–Crippen MR) is 117 cm³/mol. The lowest BCUT2D eigenvalue weighted by Gasteiger charge is -2.16. The normalized spacial score (nSPS) is 10.8. The highest BCUT2D eigenvalue weighted by Gasteiger charge is 2.20. The molecule has 0 aliphatic rings. The van der Waals surface area contributed by atoms with E-state index in [1.165, 1.54) is 18.0 Å². The molecular formula is C22H26N2O7S. The zero-order chi connectivity index (χ0) is 22.9. The van der Waals surface area contributed by atoms with Crippen molar-refractivity contribution in [3.05, 3.63) is 35.8 Å². The second kappa shape index (κ2) is 11.5. The number of nitrogens with zero attached hydrogens (tertiary/aromatic N) is 2. The van der Waals surface area contributed by atoms with Gasteiger partial charge in [0.2, 0.25) is 11.6 Å². The summed E-state index contributed by atoms with van der Waals surface area (Å²) in [5.41, 5.74) is 1.03. The number of thioether (sulfide) groups is 1. The van der Waals surface area contributed by atoms with Gasteiger partial charge in [0, 0.05) is 5.56 Å². The molecule has 10 heteroatoms. The van der Waals surface area contributed by atoms with Gasteiger partial charge in [0.15, 0.2) is 11.5 Å². The Morgan fingerprint density at radius 3 is 2.28 bits per heavy atom. The van der Waals surface area contributed by atoms with E-state index in [0.29, 0.717) is 77.4 Å². The van der Waals surface area contributed by atoms with Crippen molar-refractivity contribution in [3.63, 3.8) is 0 Å². The van der Waals surface area contributed by atoms with Gasteiger partial charge in [-0.15, -0.1) is 10.2 Å². The van der Waals surface area contributed by atoms with Gasteiger partial charge in [0.05, 0.1) is 38.4 Å². The molecule has 0 saturated heterocycles. The first-order valence-corrected chi connectivity index (χ1v) is 11.4. The first kappa shape index (κ1) is 23.5. The molecule has 0 bridgehead atoms. The molecule has 0 atom stereocenters. The molecular weight excluding hydrogens is 436 g/mol. The summed E-state index contributed by atoms with van der Waals surface area (Å²) < 4.78 is 33.5. The molecule has 0 aliphatic carbocycles. The van der Waals surface area contributed by atoms with Crippen molar-refractivity contribution in [1.82, 2.24) is 10.2 Å². The van der Waals surface area contributed by atoms with Gasteiger partial charge in [-0.2, -0.15) is 0 Å². The third-order valence-electron chi connectivity index (χ3n) is 4.13. The number of furan rings is 1. The van der Waals surface area contributed by atoms with Crippen molar-refractivity contribution >= 4 is 17.7 Å². The molecule has 3 rings (SSSR count). The fourth-order valence-electron chi connectivity index (χ4n) is 2.87. The van der Waals surface area contributed by atoms with Crippen LogP contribution in [0.1, 0.15) is 43.8 Å². The standard InChI is InChI=1S/C22H26N2O7S/c1-5-26-16-11-14(12-17(27-6-2)19(16)28-7-3)20-23-24-22(31-20)32-13-18-15(9-10-30-18)21(25)29-8-4/h9-12H,5-8,13H2,1-4H3. The van der Waals surface area contributed by atoms with E-state index in [1.54, 1.807) is 25.1 Å². The Hall–Kier alpha value is -3.14. The minimum atomic E-state index is -0.427. The number of carbonyl (C=O) groups excluding carboxylic acids is 1. The van der Waals surface area contributed by atoms with Crippen LogP contribution in [0, 0.1) is 0 Å². The first-order chi connectivity index (χ1) is 15.6. The third-order valence-corrected chi connectivity index (χ3v) is 4.95. The fourth-order valence-corrected chi connectivity index (χ4v) is 3.58. The zero-order valence-corrected chi connectivity index (χ0v) is 19.3. The van der Waals surface area contributed by atoms with E-state index in [9.17, 15) is 4.79 Å². The van der Waals surface area contributed by atoms with Gasteiger partial charge in [-0.3, -0.25) is 0 Å². The van der Waals surface area contributed by atoms with Crippen LogP contribution in [0.3, 0.4) is 0 Å². The topological polar surface area (TPSA) is 106 Å². The Labute approximate surface area is 190 Å². The minimum absolute atomic E-state index is 0.291. The van der Waals surface area contributed by atoms with E-state index in [2.05, 4.69) is 10.2 Å². The summed E-state index contributed by atoms with van der Waals surface area (Å²) in [4.78, 5) is 12.0. The lowest BCUT2D eigenvalue weighted by atomic mass is 10.2. The molecule has 32 heavy (non-hydrogen) atoms. The van der Waals surface area contributed by atoms with Crippen molar-refractivity contribution in [2.75, 3.05) is 26.4 Å². The molecule has 0 aliphatic heterocycles. The Morgan fingerprint density at radius 2 is 1.66 bits per heavy atom. The van der Waals surface area contributed by atoms with Crippen molar-refractivity contribution in [3.8, 4) is 28.7 Å². The van der Waals surface area contributed by atoms with Crippen LogP contribution in [0.25, 0.3) is 11.5 Å². The predicted octanol–water partition coefficient (Wildman–Crippen LogP) is 4.99. The third kappa shape index (κ3) is 5.56. The van der Waals surface area contributed by atoms with Crippen LogP contribution >= 0.6 is 11.8 Å². The quantitative estimate of drug-likeness (QED) is 0.270. The SMILES string of the molecule is CCOC(=O)c1ccoc1CSc1nnc(-c2cc(OCC)c(OCC)c(OCC)c2)o1. The van der Waals surface area contributed by atoms with Crippen LogP contribution in [0.2, 0.25) is 0 Å². The molecule has 0 radical (unpaired) electrons. The number of aromatic nitrogens is 2.